The zero-order chi connectivity index (χ0) is 22.5. The molecule has 0 spiro atoms. The Hall–Kier alpha value is -2.45. The van der Waals surface area contributed by atoms with Gasteiger partial charge in [-0.2, -0.15) is 0 Å². The first-order chi connectivity index (χ1) is 16.1. The second kappa shape index (κ2) is 8.40. The van der Waals surface area contributed by atoms with Crippen molar-refractivity contribution in [2.75, 3.05) is 18.0 Å². The average Bonchev–Trinajstić information content (AvgIpc) is 3.19. The highest BCUT2D eigenvalue weighted by molar-refractivity contribution is 7.97. The highest BCUT2D eigenvalue weighted by Gasteiger charge is 2.57. The summed E-state index contributed by atoms with van der Waals surface area (Å²) in [5.41, 5.74) is 2.10. The molecule has 5 nitrogen and oxygen atoms in total. The van der Waals surface area contributed by atoms with E-state index in [1.807, 2.05) is 15.5 Å². The van der Waals surface area contributed by atoms with Crippen LogP contribution in [-0.4, -0.2) is 38.2 Å². The molecule has 8 heteroatoms. The molecule has 2 aromatic carbocycles. The molecule has 1 aromatic heterocycles. The van der Waals surface area contributed by atoms with E-state index in [9.17, 15) is 0 Å². The van der Waals surface area contributed by atoms with Gasteiger partial charge in [0, 0.05) is 60.4 Å². The molecule has 0 bridgehead atoms. The third kappa shape index (κ3) is 3.93. The summed E-state index contributed by atoms with van der Waals surface area (Å²) in [5.74, 6) is 0.243. The van der Waals surface area contributed by atoms with E-state index in [4.69, 9.17) is 0 Å². The normalized spacial score (nSPS) is 29.3. The summed E-state index contributed by atoms with van der Waals surface area (Å²) in [7, 11) is 0. The minimum Gasteiger partial charge on any atom is -0.368 e. The largest absolute Gasteiger partial charge is 0.368 e. The number of fused-ring (bicyclic) bond motifs is 1. The fraction of sp³-hybridized carbons (Fsp3) is 0.440. The van der Waals surface area contributed by atoms with Gasteiger partial charge in [-0.3, -0.25) is 0 Å². The molecule has 3 fully saturated rings. The van der Waals surface area contributed by atoms with Crippen LogP contribution in [0.4, 0.5) is 14.5 Å². The van der Waals surface area contributed by atoms with Gasteiger partial charge in [0.1, 0.15) is 24.3 Å². The quantitative estimate of drug-likeness (QED) is 0.480. The van der Waals surface area contributed by atoms with Crippen LogP contribution >= 0.6 is 11.9 Å². The fourth-order valence-corrected chi connectivity index (χ4v) is 6.92. The molecule has 3 aliphatic rings. The van der Waals surface area contributed by atoms with E-state index in [0.29, 0.717) is 47.0 Å². The van der Waals surface area contributed by atoms with Gasteiger partial charge in [-0.1, -0.05) is 42.3 Å². The van der Waals surface area contributed by atoms with Crippen LogP contribution in [0.25, 0.3) is 0 Å². The molecule has 0 N–H and O–H groups in total. The summed E-state index contributed by atoms with van der Waals surface area (Å²) in [6.45, 7) is 4.04. The Kier molecular flexibility index (Phi) is 5.37. The Bertz CT molecular complexity index is 1110. The fourth-order valence-electron chi connectivity index (χ4n) is 5.55. The van der Waals surface area contributed by atoms with Crippen molar-refractivity contribution in [3.05, 3.63) is 77.9 Å². The first kappa shape index (κ1) is 21.1. The number of hydrogen-bond donors (Lipinski definition) is 0. The summed E-state index contributed by atoms with van der Waals surface area (Å²) in [6, 6.07) is 13.9. The van der Waals surface area contributed by atoms with Gasteiger partial charge in [0.15, 0.2) is 0 Å². The topological polar surface area (TPSA) is 37.2 Å². The van der Waals surface area contributed by atoms with Gasteiger partial charge in [0.25, 0.3) is 0 Å². The molecule has 1 aliphatic carbocycles. The maximum Gasteiger partial charge on any atom is 0.147 e. The Morgan fingerprint density at radius 2 is 1.70 bits per heavy atom. The van der Waals surface area contributed by atoms with Crippen molar-refractivity contribution in [2.45, 2.75) is 43.6 Å². The predicted molar refractivity (Wildman–Crippen MR) is 126 cm³/mol. The molecule has 172 valence electrons. The molecule has 2 unspecified atom stereocenters. The van der Waals surface area contributed by atoms with E-state index in [1.54, 1.807) is 24.6 Å². The molecule has 1 saturated carbocycles. The predicted octanol–water partition coefficient (Wildman–Crippen LogP) is 5.24. The number of piperidine rings is 1. The second-order valence-corrected chi connectivity index (χ2v) is 10.8. The summed E-state index contributed by atoms with van der Waals surface area (Å²) in [4.78, 5) is 1.99. The van der Waals surface area contributed by atoms with E-state index < -0.39 is 0 Å². The lowest BCUT2D eigenvalue weighted by Crippen LogP contribution is -2.32. The molecular weight excluding hydrogens is 440 g/mol. The number of aromatic nitrogens is 3. The van der Waals surface area contributed by atoms with Crippen LogP contribution in [0.15, 0.2) is 55.1 Å². The molecule has 2 aliphatic heterocycles. The number of anilines is 1. The molecular formula is C25H27F2N5S. The Balaban J connectivity index is 1.14. The van der Waals surface area contributed by atoms with E-state index in [2.05, 4.69) is 45.7 Å². The molecule has 33 heavy (non-hydrogen) atoms. The number of halogens is 2. The molecule has 0 radical (unpaired) electrons. The highest BCUT2D eigenvalue weighted by Crippen LogP contribution is 2.56. The first-order valence-corrected chi connectivity index (χ1v) is 12.5. The third-order valence-electron chi connectivity index (χ3n) is 7.48. The molecule has 2 saturated heterocycles. The minimum absolute atomic E-state index is 0.317. The van der Waals surface area contributed by atoms with Gasteiger partial charge < -0.3 is 9.47 Å². The summed E-state index contributed by atoms with van der Waals surface area (Å²) >= 11 is 1.76. The van der Waals surface area contributed by atoms with Gasteiger partial charge in [-0.15, -0.1) is 10.2 Å². The first-order valence-electron chi connectivity index (χ1n) is 11.6. The van der Waals surface area contributed by atoms with E-state index >= 15 is 8.78 Å². The Morgan fingerprint density at radius 3 is 2.42 bits per heavy atom. The summed E-state index contributed by atoms with van der Waals surface area (Å²) in [6.07, 6.45) is 5.61. The van der Waals surface area contributed by atoms with Crippen molar-refractivity contribution >= 4 is 17.6 Å². The number of rotatable bonds is 5. The lowest BCUT2D eigenvalue weighted by molar-refractivity contribution is 0.317. The van der Waals surface area contributed by atoms with Crippen LogP contribution in [0.2, 0.25) is 0 Å². The minimum atomic E-state index is -0.331. The monoisotopic (exact) mass is 467 g/mol. The van der Waals surface area contributed by atoms with Crippen LogP contribution in [0.5, 0.6) is 0 Å². The van der Waals surface area contributed by atoms with Crippen LogP contribution in [0.3, 0.4) is 0 Å². The van der Waals surface area contributed by atoms with Gasteiger partial charge in [-0.25, -0.2) is 13.1 Å². The maximum absolute atomic E-state index is 15.1. The maximum atomic E-state index is 15.1. The number of benzene rings is 2. The van der Waals surface area contributed by atoms with Crippen LogP contribution in [-0.2, 0) is 6.54 Å². The van der Waals surface area contributed by atoms with Gasteiger partial charge in [0.05, 0.1) is 5.69 Å². The Morgan fingerprint density at radius 1 is 0.970 bits per heavy atom. The van der Waals surface area contributed by atoms with Crippen LogP contribution in [0, 0.1) is 23.5 Å². The molecule has 0 amide bonds. The van der Waals surface area contributed by atoms with E-state index in [0.717, 1.165) is 25.9 Å². The van der Waals surface area contributed by atoms with Crippen LogP contribution in [0.1, 0.15) is 42.2 Å². The summed E-state index contributed by atoms with van der Waals surface area (Å²) in [5, 5.41) is 8.12. The van der Waals surface area contributed by atoms with Gasteiger partial charge >= 0.3 is 0 Å². The average molecular weight is 468 g/mol. The standard InChI is InChI=1S/C25H27F2N5S/c1-16-7-8-24(17-5-3-2-4-6-17)33-32(16)11-18-9-22(27)23(10-21(18)26)30-12-19-20(13-30)25(19)31-14-28-29-15-31/h2-6,9-10,14-16,19-20,24-25H,7-8,11-13H2,1H3/t16-,19-,20+,24?,25?/m0/s1. The van der Waals surface area contributed by atoms with Crippen molar-refractivity contribution in [3.63, 3.8) is 0 Å². The molecule has 5 atom stereocenters. The zero-order valence-corrected chi connectivity index (χ0v) is 19.3. The summed E-state index contributed by atoms with van der Waals surface area (Å²) < 4.78 is 34.5. The highest BCUT2D eigenvalue weighted by atomic mass is 32.2. The van der Waals surface area contributed by atoms with Crippen molar-refractivity contribution in [2.24, 2.45) is 11.8 Å². The third-order valence-corrected chi connectivity index (χ3v) is 9.01. The van der Waals surface area contributed by atoms with Gasteiger partial charge in [0.2, 0.25) is 0 Å². The second-order valence-electron chi connectivity index (χ2n) is 9.53. The van der Waals surface area contributed by atoms with Crippen molar-refractivity contribution in [1.29, 1.82) is 0 Å². The number of nitrogens with zero attached hydrogens (tertiary/aromatic N) is 5. The molecule has 6 rings (SSSR count). The molecule has 3 aromatic rings. The Labute approximate surface area is 196 Å². The van der Waals surface area contributed by atoms with Crippen molar-refractivity contribution in [1.82, 2.24) is 19.1 Å². The SMILES string of the molecule is C[C@H]1CCC(c2ccccc2)SN1Cc1cc(F)c(N2C[C@@H]3C(n4cnnc4)[C@@H]3C2)cc1F. The van der Waals surface area contributed by atoms with Crippen molar-refractivity contribution < 1.29 is 8.78 Å². The smallest absolute Gasteiger partial charge is 0.147 e. The zero-order valence-electron chi connectivity index (χ0n) is 18.5. The van der Waals surface area contributed by atoms with E-state index in [-0.39, 0.29) is 11.6 Å². The van der Waals surface area contributed by atoms with Crippen molar-refractivity contribution in [3.8, 4) is 0 Å². The van der Waals surface area contributed by atoms with Crippen LogP contribution < -0.4 is 4.90 Å². The van der Waals surface area contributed by atoms with E-state index in [1.165, 1.54) is 17.7 Å². The van der Waals surface area contributed by atoms with Gasteiger partial charge in [-0.05, 0) is 31.4 Å². The lowest BCUT2D eigenvalue weighted by atomic mass is 10.0. The lowest BCUT2D eigenvalue weighted by Gasteiger charge is -2.37. The number of hydrogen-bond acceptors (Lipinski definition) is 5. The molecule has 3 heterocycles.